The Hall–Kier alpha value is 0.160. The van der Waals surface area contributed by atoms with Crippen LogP contribution in [-0.2, 0) is 4.79 Å². The molecule has 0 aromatic rings. The maximum atomic E-state index is 12.1. The van der Waals surface area contributed by atoms with E-state index in [-0.39, 0.29) is 33.4 Å². The molecule has 1 amide bonds. The van der Waals surface area contributed by atoms with Gasteiger partial charge < -0.3 is 0 Å². The molecule has 4 heteroatoms. The third-order valence-corrected chi connectivity index (χ3v) is 6.50. The number of nitrogens with one attached hydrogen (secondary N) is 2. The normalized spacial score (nSPS) is 31.9. The average molecular weight is 365 g/mol. The number of fused-ring (bicyclic) bond motifs is 1. The molecule has 0 unspecified atom stereocenters. The molecule has 2 aliphatic rings. The van der Waals surface area contributed by atoms with Gasteiger partial charge in [0.25, 0.3) is 0 Å². The number of unbranched alkanes of at least 4 members (excludes halogenated alkanes) is 1. The number of piperidine rings is 1. The van der Waals surface area contributed by atoms with Gasteiger partial charge in [-0.25, -0.2) is 0 Å². The molecule has 1 saturated heterocycles. The standard InChI is InChI=1S/C14H26IN2O/c1-2-3-8-15-17-14(18)13-9-11-6-4-5-7-12(11)10-16-13/h11-13,16H,2-10H2,1H3,(H,17,18)/q-1/t11-,12+,13-/m0/s1. The summed E-state index contributed by atoms with van der Waals surface area (Å²) in [5.74, 6) is 1.94. The first-order valence-electron chi connectivity index (χ1n) is 7.42. The second-order valence-electron chi connectivity index (χ2n) is 5.64. The van der Waals surface area contributed by atoms with E-state index < -0.39 is 0 Å². The van der Waals surface area contributed by atoms with Crippen LogP contribution in [0.2, 0.25) is 0 Å². The zero-order chi connectivity index (χ0) is 12.8. The summed E-state index contributed by atoms with van der Waals surface area (Å²) in [7, 11) is 0. The first kappa shape index (κ1) is 14.6. The molecule has 0 radical (unpaired) electrons. The van der Waals surface area contributed by atoms with Crippen LogP contribution in [0, 0.1) is 11.8 Å². The Morgan fingerprint density at radius 1 is 1.33 bits per heavy atom. The van der Waals surface area contributed by atoms with E-state index in [4.69, 9.17) is 0 Å². The number of carbonyl (C=O) groups excluding carboxylic acids is 1. The molecule has 3 atom stereocenters. The molecule has 0 spiro atoms. The molecular formula is C14H26IN2O-. The fourth-order valence-electron chi connectivity index (χ4n) is 3.12. The zero-order valence-corrected chi connectivity index (χ0v) is 13.5. The van der Waals surface area contributed by atoms with Crippen molar-refractivity contribution in [1.29, 1.82) is 0 Å². The van der Waals surface area contributed by atoms with Crippen LogP contribution in [0.15, 0.2) is 0 Å². The molecule has 106 valence electrons. The molecule has 18 heavy (non-hydrogen) atoms. The molecule has 0 aromatic heterocycles. The minimum absolute atomic E-state index is 0.102. The molecular weight excluding hydrogens is 339 g/mol. The fraction of sp³-hybridized carbons (Fsp3) is 0.929. The van der Waals surface area contributed by atoms with Crippen molar-refractivity contribution in [2.24, 2.45) is 11.8 Å². The molecule has 1 saturated carbocycles. The van der Waals surface area contributed by atoms with Gasteiger partial charge in [0.2, 0.25) is 0 Å². The Morgan fingerprint density at radius 3 is 2.89 bits per heavy atom. The molecule has 1 heterocycles. The van der Waals surface area contributed by atoms with E-state index in [1.807, 2.05) is 0 Å². The average Bonchev–Trinajstić information content (AvgIpc) is 2.43. The molecule has 2 fully saturated rings. The number of carbonyl (C=O) groups is 1. The van der Waals surface area contributed by atoms with E-state index in [0.29, 0.717) is 0 Å². The Balaban J connectivity index is 1.71. The topological polar surface area (TPSA) is 41.1 Å². The number of alkyl halides is 1. The van der Waals surface area contributed by atoms with Crippen LogP contribution < -0.4 is 30.3 Å². The molecule has 1 aliphatic heterocycles. The minimum atomic E-state index is -0.108. The zero-order valence-electron chi connectivity index (χ0n) is 11.4. The number of halogens is 1. The Bertz CT molecular complexity index is 273. The summed E-state index contributed by atoms with van der Waals surface area (Å²) in [6, 6.07) is 0.102. The van der Waals surface area contributed by atoms with Gasteiger partial charge in [-0.05, 0) is 0 Å². The Morgan fingerprint density at radius 2 is 2.11 bits per heavy atom. The predicted octanol–water partition coefficient (Wildman–Crippen LogP) is -0.925. The quantitative estimate of drug-likeness (QED) is 0.286. The van der Waals surface area contributed by atoms with Crippen LogP contribution in [0.5, 0.6) is 0 Å². The van der Waals surface area contributed by atoms with E-state index in [0.717, 1.165) is 24.8 Å². The third kappa shape index (κ3) is 4.08. The van der Waals surface area contributed by atoms with Crippen LogP contribution in [0.25, 0.3) is 0 Å². The van der Waals surface area contributed by atoms with Crippen LogP contribution in [0.1, 0.15) is 51.9 Å². The van der Waals surface area contributed by atoms with Gasteiger partial charge in [-0.3, -0.25) is 0 Å². The first-order valence-corrected chi connectivity index (χ1v) is 10.0. The predicted molar refractivity (Wildman–Crippen MR) is 69.8 cm³/mol. The SMILES string of the molecule is CCCC[I-]NC(=O)[C@@H]1C[C@@H]2CCCC[C@@H]2CN1. The number of hydrogen-bond donors (Lipinski definition) is 2. The van der Waals surface area contributed by atoms with E-state index in [1.54, 1.807) is 0 Å². The van der Waals surface area contributed by atoms with Crippen molar-refractivity contribution in [3.8, 4) is 0 Å². The second kappa shape index (κ2) is 7.68. The van der Waals surface area contributed by atoms with Crippen molar-refractivity contribution in [2.45, 2.75) is 57.9 Å². The van der Waals surface area contributed by atoms with Gasteiger partial charge in [-0.15, -0.1) is 0 Å². The molecule has 1 aliphatic carbocycles. The fourth-order valence-corrected chi connectivity index (χ4v) is 5.29. The van der Waals surface area contributed by atoms with Gasteiger partial charge in [0.1, 0.15) is 0 Å². The number of hydrogen-bond acceptors (Lipinski definition) is 2. The first-order chi connectivity index (χ1) is 8.81. The second-order valence-corrected chi connectivity index (χ2v) is 8.02. The van der Waals surface area contributed by atoms with Gasteiger partial charge in [0.05, 0.1) is 0 Å². The van der Waals surface area contributed by atoms with Gasteiger partial charge in [0, 0.05) is 0 Å². The van der Waals surface area contributed by atoms with Gasteiger partial charge in [-0.1, -0.05) is 0 Å². The number of rotatable bonds is 5. The molecule has 0 aromatic carbocycles. The van der Waals surface area contributed by atoms with Gasteiger partial charge >= 0.3 is 122 Å². The molecule has 0 bridgehead atoms. The summed E-state index contributed by atoms with van der Waals surface area (Å²) in [5.41, 5.74) is 0. The van der Waals surface area contributed by atoms with Crippen molar-refractivity contribution < 1.29 is 26.3 Å². The van der Waals surface area contributed by atoms with Crippen molar-refractivity contribution in [1.82, 2.24) is 8.85 Å². The van der Waals surface area contributed by atoms with Gasteiger partial charge in [-0.2, -0.15) is 0 Å². The monoisotopic (exact) mass is 365 g/mol. The maximum absolute atomic E-state index is 12.1. The van der Waals surface area contributed by atoms with Crippen molar-refractivity contribution in [3.63, 3.8) is 0 Å². The Labute approximate surface area is 121 Å². The summed E-state index contributed by atoms with van der Waals surface area (Å²) in [6.45, 7) is 3.27. The van der Waals surface area contributed by atoms with Crippen LogP contribution in [-0.4, -0.2) is 22.9 Å². The summed E-state index contributed by atoms with van der Waals surface area (Å²) in [6.07, 6.45) is 9.06. The van der Waals surface area contributed by atoms with E-state index in [2.05, 4.69) is 15.8 Å². The molecule has 3 nitrogen and oxygen atoms in total. The number of amides is 1. The van der Waals surface area contributed by atoms with Crippen LogP contribution in [0.3, 0.4) is 0 Å². The van der Waals surface area contributed by atoms with E-state index in [9.17, 15) is 4.79 Å². The van der Waals surface area contributed by atoms with Crippen LogP contribution >= 0.6 is 0 Å². The Kier molecular flexibility index (Phi) is 6.21. The summed E-state index contributed by atoms with van der Waals surface area (Å²) in [5, 5.41) is 3.46. The van der Waals surface area contributed by atoms with Crippen molar-refractivity contribution in [2.75, 3.05) is 11.0 Å². The summed E-state index contributed by atoms with van der Waals surface area (Å²) in [4.78, 5) is 12.1. The summed E-state index contributed by atoms with van der Waals surface area (Å²) < 4.78 is 4.41. The van der Waals surface area contributed by atoms with Crippen molar-refractivity contribution in [3.05, 3.63) is 0 Å². The van der Waals surface area contributed by atoms with Crippen molar-refractivity contribution >= 4 is 5.91 Å². The van der Waals surface area contributed by atoms with Crippen LogP contribution in [0.4, 0.5) is 0 Å². The third-order valence-electron chi connectivity index (χ3n) is 4.29. The van der Waals surface area contributed by atoms with Gasteiger partial charge in [0.15, 0.2) is 0 Å². The molecule has 2 rings (SSSR count). The molecule has 2 N–H and O–H groups in total. The summed E-state index contributed by atoms with van der Waals surface area (Å²) >= 11 is -0.108. The van der Waals surface area contributed by atoms with E-state index in [1.165, 1.54) is 43.0 Å². The van der Waals surface area contributed by atoms with E-state index >= 15 is 0 Å².